The molecule has 3 nitrogen and oxygen atoms in total. The van der Waals surface area contributed by atoms with Crippen LogP contribution in [0.4, 0.5) is 0 Å². The van der Waals surface area contributed by atoms with Gasteiger partial charge in [0, 0.05) is 28.3 Å². The van der Waals surface area contributed by atoms with E-state index in [9.17, 15) is 9.59 Å². The zero-order valence-electron chi connectivity index (χ0n) is 11.6. The van der Waals surface area contributed by atoms with Crippen molar-refractivity contribution in [1.82, 2.24) is 5.32 Å². The van der Waals surface area contributed by atoms with Crippen molar-refractivity contribution >= 4 is 23.3 Å². The van der Waals surface area contributed by atoms with Crippen LogP contribution in [0, 0.1) is 6.92 Å². The summed E-state index contributed by atoms with van der Waals surface area (Å²) in [5.74, 6) is -0.205. The quantitative estimate of drug-likeness (QED) is 0.866. The summed E-state index contributed by atoms with van der Waals surface area (Å²) in [5, 5.41) is 3.40. The number of carbonyl (C=O) groups excluding carboxylic acids is 2. The van der Waals surface area contributed by atoms with Crippen molar-refractivity contribution < 1.29 is 9.59 Å². The van der Waals surface area contributed by atoms with Crippen LogP contribution in [0.5, 0.6) is 0 Å². The first-order valence-electron chi connectivity index (χ1n) is 6.78. The summed E-state index contributed by atoms with van der Waals surface area (Å²) >= 11 is 5.92. The predicted molar refractivity (Wildman–Crippen MR) is 82.1 cm³/mol. The number of carbonyl (C=O) groups is 2. The molecule has 0 spiro atoms. The number of hydrogen-bond donors (Lipinski definition) is 1. The van der Waals surface area contributed by atoms with Gasteiger partial charge >= 0.3 is 0 Å². The molecule has 1 amide bonds. The van der Waals surface area contributed by atoms with Crippen LogP contribution in [0.1, 0.15) is 37.4 Å². The number of ketones is 1. The second kappa shape index (κ2) is 5.34. The monoisotopic (exact) mass is 299 g/mol. The van der Waals surface area contributed by atoms with Crippen LogP contribution in [-0.2, 0) is 6.42 Å². The molecule has 0 bridgehead atoms. The van der Waals surface area contributed by atoms with E-state index in [0.717, 1.165) is 17.5 Å². The van der Waals surface area contributed by atoms with Crippen molar-refractivity contribution in [3.05, 3.63) is 69.2 Å². The average molecular weight is 300 g/mol. The van der Waals surface area contributed by atoms with Gasteiger partial charge in [0.1, 0.15) is 0 Å². The second-order valence-electron chi connectivity index (χ2n) is 5.17. The molecule has 0 aromatic heterocycles. The molecule has 106 valence electrons. The number of amides is 1. The van der Waals surface area contributed by atoms with Crippen molar-refractivity contribution in [3.63, 3.8) is 0 Å². The number of fused-ring (bicyclic) bond motifs is 1. The number of aryl methyl sites for hydroxylation is 1. The van der Waals surface area contributed by atoms with E-state index in [0.29, 0.717) is 28.3 Å². The third kappa shape index (κ3) is 2.57. The largest absolute Gasteiger partial charge is 0.352 e. The summed E-state index contributed by atoms with van der Waals surface area (Å²) in [4.78, 5) is 24.5. The fraction of sp³-hybridized carbons (Fsp3) is 0.176. The van der Waals surface area contributed by atoms with Crippen molar-refractivity contribution in [2.75, 3.05) is 6.54 Å². The van der Waals surface area contributed by atoms with Crippen LogP contribution in [0.3, 0.4) is 0 Å². The molecule has 1 aliphatic heterocycles. The lowest BCUT2D eigenvalue weighted by atomic mass is 9.93. The van der Waals surface area contributed by atoms with Crippen molar-refractivity contribution in [2.45, 2.75) is 13.3 Å². The van der Waals surface area contributed by atoms with E-state index in [4.69, 9.17) is 11.6 Å². The minimum absolute atomic E-state index is 0.0923. The lowest BCUT2D eigenvalue weighted by molar-refractivity contribution is 0.0946. The molecule has 21 heavy (non-hydrogen) atoms. The second-order valence-corrected chi connectivity index (χ2v) is 5.60. The van der Waals surface area contributed by atoms with Gasteiger partial charge in [0.25, 0.3) is 5.91 Å². The van der Waals surface area contributed by atoms with Gasteiger partial charge in [-0.3, -0.25) is 9.59 Å². The molecular formula is C17H14ClNO2. The van der Waals surface area contributed by atoms with E-state index < -0.39 is 0 Å². The van der Waals surface area contributed by atoms with E-state index >= 15 is 0 Å². The van der Waals surface area contributed by atoms with E-state index in [2.05, 4.69) is 5.32 Å². The average Bonchev–Trinajstić information content (AvgIpc) is 2.47. The van der Waals surface area contributed by atoms with Gasteiger partial charge in [0.05, 0.1) is 0 Å². The minimum Gasteiger partial charge on any atom is -0.352 e. The summed E-state index contributed by atoms with van der Waals surface area (Å²) in [6.45, 7) is 2.50. The summed E-state index contributed by atoms with van der Waals surface area (Å²) < 4.78 is 0. The predicted octanol–water partition coefficient (Wildman–Crippen LogP) is 3.17. The van der Waals surface area contributed by atoms with Gasteiger partial charge in [-0.05, 0) is 48.7 Å². The molecule has 0 aliphatic carbocycles. The Morgan fingerprint density at radius 2 is 2.00 bits per heavy atom. The number of rotatable bonds is 2. The fourth-order valence-corrected chi connectivity index (χ4v) is 2.82. The van der Waals surface area contributed by atoms with Crippen LogP contribution in [0.2, 0.25) is 5.02 Å². The van der Waals surface area contributed by atoms with E-state index in [1.165, 1.54) is 0 Å². The van der Waals surface area contributed by atoms with Gasteiger partial charge in [0.15, 0.2) is 5.78 Å². The molecular weight excluding hydrogens is 286 g/mol. The number of halogens is 1. The van der Waals surface area contributed by atoms with Gasteiger partial charge in [-0.1, -0.05) is 23.7 Å². The Morgan fingerprint density at radius 3 is 2.76 bits per heavy atom. The Kier molecular flexibility index (Phi) is 3.52. The minimum atomic E-state index is -0.112. The molecule has 0 radical (unpaired) electrons. The topological polar surface area (TPSA) is 46.2 Å². The SMILES string of the molecule is Cc1cc(Cl)ccc1C(=O)c1ccc2c(c1)C(=O)NCC2. The molecule has 0 fully saturated rings. The highest BCUT2D eigenvalue weighted by Gasteiger charge is 2.19. The highest BCUT2D eigenvalue weighted by molar-refractivity contribution is 6.30. The molecule has 4 heteroatoms. The third-order valence-corrected chi connectivity index (χ3v) is 3.96. The zero-order valence-corrected chi connectivity index (χ0v) is 12.3. The van der Waals surface area contributed by atoms with Gasteiger partial charge in [-0.15, -0.1) is 0 Å². The van der Waals surface area contributed by atoms with E-state index in [1.54, 1.807) is 30.3 Å². The van der Waals surface area contributed by atoms with Gasteiger partial charge < -0.3 is 5.32 Å². The van der Waals surface area contributed by atoms with Gasteiger partial charge in [-0.2, -0.15) is 0 Å². The Hall–Kier alpha value is -2.13. The Bertz CT molecular complexity index is 752. The first kappa shape index (κ1) is 13.8. The molecule has 0 saturated heterocycles. The van der Waals surface area contributed by atoms with Crippen LogP contribution in [0.25, 0.3) is 0 Å². The molecule has 3 rings (SSSR count). The summed E-state index contributed by atoms with van der Waals surface area (Å²) in [7, 11) is 0. The molecule has 1 heterocycles. The maximum absolute atomic E-state index is 12.6. The van der Waals surface area contributed by atoms with Crippen LogP contribution >= 0.6 is 11.6 Å². The van der Waals surface area contributed by atoms with Crippen LogP contribution in [0.15, 0.2) is 36.4 Å². The maximum Gasteiger partial charge on any atom is 0.251 e. The lowest BCUT2D eigenvalue weighted by Crippen LogP contribution is -2.32. The third-order valence-electron chi connectivity index (χ3n) is 3.73. The Morgan fingerprint density at radius 1 is 1.19 bits per heavy atom. The highest BCUT2D eigenvalue weighted by Crippen LogP contribution is 2.21. The number of hydrogen-bond acceptors (Lipinski definition) is 2. The summed E-state index contributed by atoms with van der Waals surface area (Å²) in [6, 6.07) is 10.5. The van der Waals surface area contributed by atoms with Crippen molar-refractivity contribution in [2.24, 2.45) is 0 Å². The Labute approximate surface area is 127 Å². The molecule has 2 aromatic rings. The standard InChI is InChI=1S/C17H14ClNO2/c1-10-8-13(18)4-5-14(10)16(20)12-3-2-11-6-7-19-17(21)15(11)9-12/h2-5,8-9H,6-7H2,1H3,(H,19,21). The molecule has 0 unspecified atom stereocenters. The number of nitrogens with one attached hydrogen (secondary N) is 1. The fourth-order valence-electron chi connectivity index (χ4n) is 2.59. The summed E-state index contributed by atoms with van der Waals surface area (Å²) in [6.07, 6.45) is 0.801. The lowest BCUT2D eigenvalue weighted by Gasteiger charge is -2.17. The first-order chi connectivity index (χ1) is 10.1. The van der Waals surface area contributed by atoms with Crippen molar-refractivity contribution in [3.8, 4) is 0 Å². The molecule has 1 N–H and O–H groups in total. The van der Waals surface area contributed by atoms with Crippen LogP contribution < -0.4 is 5.32 Å². The normalized spacial score (nSPS) is 13.5. The van der Waals surface area contributed by atoms with Gasteiger partial charge in [0.2, 0.25) is 0 Å². The summed E-state index contributed by atoms with van der Waals surface area (Å²) in [5.41, 5.74) is 3.54. The molecule has 1 aliphatic rings. The zero-order chi connectivity index (χ0) is 15.0. The first-order valence-corrected chi connectivity index (χ1v) is 7.16. The van der Waals surface area contributed by atoms with Crippen molar-refractivity contribution in [1.29, 1.82) is 0 Å². The van der Waals surface area contributed by atoms with E-state index in [1.807, 2.05) is 13.0 Å². The number of benzene rings is 2. The van der Waals surface area contributed by atoms with Crippen LogP contribution in [-0.4, -0.2) is 18.2 Å². The smallest absolute Gasteiger partial charge is 0.251 e. The van der Waals surface area contributed by atoms with E-state index in [-0.39, 0.29) is 11.7 Å². The van der Waals surface area contributed by atoms with Gasteiger partial charge in [-0.25, -0.2) is 0 Å². The molecule has 0 atom stereocenters. The highest BCUT2D eigenvalue weighted by atomic mass is 35.5. The Balaban J connectivity index is 2.02. The molecule has 0 saturated carbocycles. The maximum atomic E-state index is 12.6. The molecule has 2 aromatic carbocycles.